The van der Waals surface area contributed by atoms with Crippen LogP contribution in [0.25, 0.3) is 0 Å². The number of rotatable bonds is 5. The molecule has 0 aromatic heterocycles. The maximum atomic E-state index is 12.9. The second kappa shape index (κ2) is 5.61. The first-order valence-corrected chi connectivity index (χ1v) is 5.16. The molecule has 1 aliphatic rings. The quantitative estimate of drug-likeness (QED) is 0.548. The lowest BCUT2D eigenvalue weighted by molar-refractivity contribution is -0.142. The minimum absolute atomic E-state index is 0.184. The summed E-state index contributed by atoms with van der Waals surface area (Å²) in [5.74, 6) is -2.22. The van der Waals surface area contributed by atoms with Crippen LogP contribution in [0.15, 0.2) is 36.6 Å². The smallest absolute Gasteiger partial charge is 0.305 e. The highest BCUT2D eigenvalue weighted by atomic mass is 19.2. The third kappa shape index (κ3) is 3.69. The minimum Gasteiger partial charge on any atom is -0.469 e. The SMILES string of the molecule is C=C(F)/C(F)=C\C(=C)N1CC(CC(=O)OC)C1. The molecule has 1 saturated heterocycles. The number of halogens is 2. The van der Waals surface area contributed by atoms with Crippen LogP contribution in [0.3, 0.4) is 0 Å². The topological polar surface area (TPSA) is 29.5 Å². The molecule has 0 spiro atoms. The van der Waals surface area contributed by atoms with Crippen molar-refractivity contribution in [2.45, 2.75) is 6.42 Å². The van der Waals surface area contributed by atoms with Crippen molar-refractivity contribution >= 4 is 5.97 Å². The Morgan fingerprint density at radius 1 is 1.47 bits per heavy atom. The second-order valence-corrected chi connectivity index (χ2v) is 3.94. The maximum absolute atomic E-state index is 12.9. The average molecular weight is 243 g/mol. The molecular formula is C12H15F2NO2. The lowest BCUT2D eigenvalue weighted by atomic mass is 9.96. The summed E-state index contributed by atoms with van der Waals surface area (Å²) in [4.78, 5) is 12.7. The summed E-state index contributed by atoms with van der Waals surface area (Å²) >= 11 is 0. The molecule has 0 unspecified atom stereocenters. The largest absolute Gasteiger partial charge is 0.469 e. The van der Waals surface area contributed by atoms with Crippen molar-refractivity contribution in [3.8, 4) is 0 Å². The first-order chi connectivity index (χ1) is 7.93. The molecule has 5 heteroatoms. The van der Waals surface area contributed by atoms with Crippen molar-refractivity contribution in [3.63, 3.8) is 0 Å². The third-order valence-electron chi connectivity index (χ3n) is 2.60. The Hall–Kier alpha value is -1.65. The van der Waals surface area contributed by atoms with Gasteiger partial charge in [-0.25, -0.2) is 8.78 Å². The summed E-state index contributed by atoms with van der Waals surface area (Å²) in [6, 6.07) is 0. The van der Waals surface area contributed by atoms with Crippen LogP contribution in [-0.2, 0) is 9.53 Å². The van der Waals surface area contributed by atoms with Gasteiger partial charge in [0.2, 0.25) is 0 Å². The molecule has 94 valence electrons. The van der Waals surface area contributed by atoms with Crippen LogP contribution in [-0.4, -0.2) is 31.1 Å². The summed E-state index contributed by atoms with van der Waals surface area (Å²) in [6.45, 7) is 7.65. The summed E-state index contributed by atoms with van der Waals surface area (Å²) in [7, 11) is 1.34. The highest BCUT2D eigenvalue weighted by Crippen LogP contribution is 2.25. The Morgan fingerprint density at radius 3 is 2.53 bits per heavy atom. The van der Waals surface area contributed by atoms with E-state index >= 15 is 0 Å². The summed E-state index contributed by atoms with van der Waals surface area (Å²) < 4.78 is 29.8. The van der Waals surface area contributed by atoms with E-state index in [0.717, 1.165) is 6.08 Å². The number of carbonyl (C=O) groups excluding carboxylic acids is 1. The molecule has 0 saturated carbocycles. The Kier molecular flexibility index (Phi) is 4.43. The van der Waals surface area contributed by atoms with Gasteiger partial charge in [-0.3, -0.25) is 4.79 Å². The molecule has 3 nitrogen and oxygen atoms in total. The zero-order chi connectivity index (χ0) is 13.0. The number of esters is 1. The zero-order valence-corrected chi connectivity index (χ0v) is 9.71. The highest BCUT2D eigenvalue weighted by molar-refractivity contribution is 5.69. The first-order valence-electron chi connectivity index (χ1n) is 5.16. The molecular weight excluding hydrogens is 228 g/mol. The number of methoxy groups -OCH3 is 1. The molecule has 0 aromatic carbocycles. The number of carbonyl (C=O) groups is 1. The second-order valence-electron chi connectivity index (χ2n) is 3.94. The number of ether oxygens (including phenoxy) is 1. The van der Waals surface area contributed by atoms with Gasteiger partial charge in [0.15, 0.2) is 11.7 Å². The molecule has 0 atom stereocenters. The predicted octanol–water partition coefficient (Wildman–Crippen LogP) is 2.33. The van der Waals surface area contributed by atoms with Gasteiger partial charge < -0.3 is 9.64 Å². The fraction of sp³-hybridized carbons (Fsp3) is 0.417. The molecule has 1 fully saturated rings. The van der Waals surface area contributed by atoms with Crippen LogP contribution in [0.1, 0.15) is 6.42 Å². The van der Waals surface area contributed by atoms with E-state index in [9.17, 15) is 13.6 Å². The normalized spacial score (nSPS) is 16.4. The standard InChI is InChI=1S/C12H15F2NO2/c1-8(4-11(14)9(2)13)15-6-10(7-15)5-12(16)17-3/h4,10H,1-2,5-7H2,3H3/b11-4+. The van der Waals surface area contributed by atoms with Crippen molar-refractivity contribution in [3.05, 3.63) is 36.6 Å². The van der Waals surface area contributed by atoms with Crippen LogP contribution in [0, 0.1) is 5.92 Å². The van der Waals surface area contributed by atoms with Gasteiger partial charge in [0.25, 0.3) is 0 Å². The maximum Gasteiger partial charge on any atom is 0.305 e. The van der Waals surface area contributed by atoms with Crippen LogP contribution < -0.4 is 0 Å². The van der Waals surface area contributed by atoms with Crippen molar-refractivity contribution in [2.75, 3.05) is 20.2 Å². The molecule has 0 aliphatic carbocycles. The Morgan fingerprint density at radius 2 is 2.06 bits per heavy atom. The summed E-state index contributed by atoms with van der Waals surface area (Å²) in [5, 5.41) is 0. The number of hydrogen-bond donors (Lipinski definition) is 0. The van der Waals surface area contributed by atoms with Crippen LogP contribution in [0.5, 0.6) is 0 Å². The van der Waals surface area contributed by atoms with E-state index in [1.54, 1.807) is 4.90 Å². The van der Waals surface area contributed by atoms with E-state index in [4.69, 9.17) is 0 Å². The van der Waals surface area contributed by atoms with Crippen LogP contribution in [0.2, 0.25) is 0 Å². The van der Waals surface area contributed by atoms with Gasteiger partial charge in [-0.15, -0.1) is 0 Å². The van der Waals surface area contributed by atoms with E-state index < -0.39 is 11.7 Å². The van der Waals surface area contributed by atoms with E-state index in [2.05, 4.69) is 17.9 Å². The molecule has 0 N–H and O–H groups in total. The van der Waals surface area contributed by atoms with Crippen LogP contribution in [0.4, 0.5) is 8.78 Å². The number of likely N-dealkylation sites (tertiary alicyclic amines) is 1. The molecule has 1 heterocycles. The fourth-order valence-corrected chi connectivity index (χ4v) is 1.57. The number of allylic oxidation sites excluding steroid dienone is 3. The lowest BCUT2D eigenvalue weighted by Gasteiger charge is -2.40. The van der Waals surface area contributed by atoms with E-state index in [1.165, 1.54) is 7.11 Å². The first kappa shape index (κ1) is 13.4. The van der Waals surface area contributed by atoms with Gasteiger partial charge in [-0.1, -0.05) is 13.2 Å². The van der Waals surface area contributed by atoms with Gasteiger partial charge in [-0.05, 0) is 6.08 Å². The molecule has 0 aromatic rings. The Labute approximate surface area is 99.0 Å². The highest BCUT2D eigenvalue weighted by Gasteiger charge is 2.29. The molecule has 0 radical (unpaired) electrons. The van der Waals surface area contributed by atoms with Crippen LogP contribution >= 0.6 is 0 Å². The Bertz CT molecular complexity index is 371. The number of nitrogens with zero attached hydrogens (tertiary/aromatic N) is 1. The summed E-state index contributed by atoms with van der Waals surface area (Å²) in [5.41, 5.74) is 0.377. The fourth-order valence-electron chi connectivity index (χ4n) is 1.57. The summed E-state index contributed by atoms with van der Waals surface area (Å²) in [6.07, 6.45) is 1.33. The van der Waals surface area contributed by atoms with Gasteiger partial charge >= 0.3 is 5.97 Å². The van der Waals surface area contributed by atoms with E-state index in [1.807, 2.05) is 0 Å². The lowest BCUT2D eigenvalue weighted by Crippen LogP contribution is -2.46. The third-order valence-corrected chi connectivity index (χ3v) is 2.60. The predicted molar refractivity (Wildman–Crippen MR) is 60.3 cm³/mol. The molecule has 1 rings (SSSR count). The van der Waals surface area contributed by atoms with Gasteiger partial charge in [-0.2, -0.15) is 0 Å². The Balaban J connectivity index is 2.38. The molecule has 0 amide bonds. The minimum atomic E-state index is -1.11. The van der Waals surface area contributed by atoms with Gasteiger partial charge in [0, 0.05) is 24.7 Å². The number of hydrogen-bond acceptors (Lipinski definition) is 3. The van der Waals surface area contributed by atoms with E-state index in [0.29, 0.717) is 25.2 Å². The monoisotopic (exact) mass is 243 g/mol. The van der Waals surface area contributed by atoms with Crippen molar-refractivity contribution in [1.29, 1.82) is 0 Å². The average Bonchev–Trinajstić information content (AvgIpc) is 2.21. The van der Waals surface area contributed by atoms with Crippen molar-refractivity contribution in [2.24, 2.45) is 5.92 Å². The van der Waals surface area contributed by atoms with Gasteiger partial charge in [0.05, 0.1) is 13.5 Å². The molecule has 17 heavy (non-hydrogen) atoms. The van der Waals surface area contributed by atoms with Crippen molar-refractivity contribution in [1.82, 2.24) is 4.90 Å². The van der Waals surface area contributed by atoms with Crippen molar-refractivity contribution < 1.29 is 18.3 Å². The molecule has 1 aliphatic heterocycles. The van der Waals surface area contributed by atoms with Gasteiger partial charge in [0.1, 0.15) is 0 Å². The van der Waals surface area contributed by atoms with E-state index in [-0.39, 0.29) is 11.9 Å². The molecule has 0 bridgehead atoms. The zero-order valence-electron chi connectivity index (χ0n) is 9.71.